The summed E-state index contributed by atoms with van der Waals surface area (Å²) in [6, 6.07) is 0. The van der Waals surface area contributed by atoms with Crippen molar-refractivity contribution in [2.45, 2.75) is 130 Å². The lowest BCUT2D eigenvalue weighted by molar-refractivity contribution is 0.152. The quantitative estimate of drug-likeness (QED) is 0.336. The van der Waals surface area contributed by atoms with Crippen LogP contribution < -0.4 is 5.73 Å². The molecule has 0 rings (SSSR count). The Morgan fingerprint density at radius 3 is 1.18 bits per heavy atom. The number of nitrogens with two attached hydrogens (primary N) is 1. The maximum absolute atomic E-state index is 6.86. The van der Waals surface area contributed by atoms with Gasteiger partial charge in [0.15, 0.2) is 0 Å². The molecule has 0 aliphatic rings. The smallest absolute Gasteiger partial charge is 0.0203 e. The molecule has 0 saturated carbocycles. The van der Waals surface area contributed by atoms with Gasteiger partial charge >= 0.3 is 0 Å². The second kappa shape index (κ2) is 12.4. The summed E-state index contributed by atoms with van der Waals surface area (Å²) >= 11 is 0. The Labute approximate surface area is 141 Å². The van der Waals surface area contributed by atoms with E-state index in [-0.39, 0.29) is 11.0 Å². The summed E-state index contributed by atoms with van der Waals surface area (Å²) in [5, 5.41) is 0. The molecule has 0 unspecified atom stereocenters. The van der Waals surface area contributed by atoms with Crippen molar-refractivity contribution in [3.05, 3.63) is 0 Å². The SMILES string of the molecule is CCCCCCCCC(N)(CCCCCCCC)C(C)(C)C. The summed E-state index contributed by atoms with van der Waals surface area (Å²) in [6.45, 7) is 11.6. The Bertz CT molecular complexity index is 223. The van der Waals surface area contributed by atoms with E-state index in [1.807, 2.05) is 0 Å². The van der Waals surface area contributed by atoms with Crippen molar-refractivity contribution in [2.24, 2.45) is 11.1 Å². The summed E-state index contributed by atoms with van der Waals surface area (Å²) < 4.78 is 0. The molecule has 1 heteroatoms. The first-order chi connectivity index (χ1) is 10.4. The Hall–Kier alpha value is -0.0400. The number of hydrogen-bond acceptors (Lipinski definition) is 1. The third-order valence-corrected chi connectivity index (χ3v) is 5.45. The average molecular weight is 312 g/mol. The van der Waals surface area contributed by atoms with Crippen LogP contribution in [0.5, 0.6) is 0 Å². The second-order valence-electron chi connectivity index (χ2n) is 8.44. The van der Waals surface area contributed by atoms with Crippen LogP contribution in [-0.4, -0.2) is 5.54 Å². The minimum Gasteiger partial charge on any atom is -0.325 e. The molecule has 1 nitrogen and oxygen atoms in total. The first-order valence-electron chi connectivity index (χ1n) is 10.2. The molecular formula is C21H45N. The highest BCUT2D eigenvalue weighted by Gasteiger charge is 2.36. The van der Waals surface area contributed by atoms with E-state index >= 15 is 0 Å². The first kappa shape index (κ1) is 22.0. The van der Waals surface area contributed by atoms with Crippen LogP contribution in [0.3, 0.4) is 0 Å². The molecule has 0 aromatic rings. The van der Waals surface area contributed by atoms with Crippen LogP contribution in [0, 0.1) is 5.41 Å². The molecular weight excluding hydrogens is 266 g/mol. The molecule has 0 aromatic heterocycles. The van der Waals surface area contributed by atoms with E-state index in [0.717, 1.165) is 0 Å². The largest absolute Gasteiger partial charge is 0.325 e. The molecule has 2 N–H and O–H groups in total. The Morgan fingerprint density at radius 1 is 0.545 bits per heavy atom. The van der Waals surface area contributed by atoms with Gasteiger partial charge in [0, 0.05) is 5.54 Å². The zero-order valence-electron chi connectivity index (χ0n) is 16.5. The van der Waals surface area contributed by atoms with Gasteiger partial charge in [0.2, 0.25) is 0 Å². The Kier molecular flexibility index (Phi) is 12.4. The predicted octanol–water partition coefficient (Wildman–Crippen LogP) is 7.23. The van der Waals surface area contributed by atoms with Gasteiger partial charge in [-0.2, -0.15) is 0 Å². The van der Waals surface area contributed by atoms with E-state index in [2.05, 4.69) is 34.6 Å². The van der Waals surface area contributed by atoms with Crippen LogP contribution in [0.25, 0.3) is 0 Å². The van der Waals surface area contributed by atoms with Crippen molar-refractivity contribution in [1.82, 2.24) is 0 Å². The molecule has 0 radical (unpaired) electrons. The van der Waals surface area contributed by atoms with Crippen LogP contribution in [-0.2, 0) is 0 Å². The highest BCUT2D eigenvalue weighted by molar-refractivity contribution is 4.94. The van der Waals surface area contributed by atoms with Gasteiger partial charge in [0.05, 0.1) is 0 Å². The third kappa shape index (κ3) is 9.87. The van der Waals surface area contributed by atoms with E-state index in [0.29, 0.717) is 0 Å². The van der Waals surface area contributed by atoms with Gasteiger partial charge < -0.3 is 5.73 Å². The van der Waals surface area contributed by atoms with Gasteiger partial charge in [-0.05, 0) is 18.3 Å². The van der Waals surface area contributed by atoms with E-state index in [1.54, 1.807) is 0 Å². The Morgan fingerprint density at radius 2 is 0.864 bits per heavy atom. The number of rotatable bonds is 14. The lowest BCUT2D eigenvalue weighted by atomic mass is 9.68. The molecule has 0 heterocycles. The van der Waals surface area contributed by atoms with Gasteiger partial charge in [-0.3, -0.25) is 0 Å². The van der Waals surface area contributed by atoms with Crippen molar-refractivity contribution in [2.75, 3.05) is 0 Å². The van der Waals surface area contributed by atoms with Crippen LogP contribution in [0.2, 0.25) is 0 Å². The zero-order valence-corrected chi connectivity index (χ0v) is 16.5. The fraction of sp³-hybridized carbons (Fsp3) is 1.00. The van der Waals surface area contributed by atoms with Crippen molar-refractivity contribution < 1.29 is 0 Å². The van der Waals surface area contributed by atoms with Gasteiger partial charge in [-0.15, -0.1) is 0 Å². The van der Waals surface area contributed by atoms with Gasteiger partial charge in [0.1, 0.15) is 0 Å². The lowest BCUT2D eigenvalue weighted by Crippen LogP contribution is -2.51. The molecule has 0 saturated heterocycles. The molecule has 0 atom stereocenters. The average Bonchev–Trinajstić information content (AvgIpc) is 2.45. The van der Waals surface area contributed by atoms with E-state index in [9.17, 15) is 0 Å². The standard InChI is InChI=1S/C21H45N/c1-6-8-10-12-14-16-18-21(22,20(3,4)5)19-17-15-13-11-9-7-2/h6-19,22H2,1-5H3. The summed E-state index contributed by atoms with van der Waals surface area (Å²) in [4.78, 5) is 0. The highest BCUT2D eigenvalue weighted by Crippen LogP contribution is 2.37. The van der Waals surface area contributed by atoms with E-state index in [1.165, 1.54) is 89.9 Å². The van der Waals surface area contributed by atoms with Crippen molar-refractivity contribution in [3.63, 3.8) is 0 Å². The third-order valence-electron chi connectivity index (χ3n) is 5.45. The maximum Gasteiger partial charge on any atom is 0.0203 e. The van der Waals surface area contributed by atoms with Crippen LogP contribution in [0.1, 0.15) is 125 Å². The van der Waals surface area contributed by atoms with Crippen molar-refractivity contribution in [3.8, 4) is 0 Å². The minimum atomic E-state index is 0.0303. The first-order valence-corrected chi connectivity index (χ1v) is 10.2. The highest BCUT2D eigenvalue weighted by atomic mass is 14.8. The summed E-state index contributed by atoms with van der Waals surface area (Å²) in [5.74, 6) is 0. The summed E-state index contributed by atoms with van der Waals surface area (Å²) in [6.07, 6.45) is 18.8. The second-order valence-corrected chi connectivity index (χ2v) is 8.44. The monoisotopic (exact) mass is 311 g/mol. The topological polar surface area (TPSA) is 26.0 Å². The lowest BCUT2D eigenvalue weighted by Gasteiger charge is -2.42. The summed E-state index contributed by atoms with van der Waals surface area (Å²) in [5.41, 5.74) is 7.11. The maximum atomic E-state index is 6.86. The predicted molar refractivity (Wildman–Crippen MR) is 102 cm³/mol. The van der Waals surface area contributed by atoms with Gasteiger partial charge in [-0.25, -0.2) is 0 Å². The zero-order chi connectivity index (χ0) is 16.9. The number of unbranched alkanes of at least 4 members (excludes halogenated alkanes) is 10. The fourth-order valence-electron chi connectivity index (χ4n) is 3.32. The molecule has 0 aromatic carbocycles. The minimum absolute atomic E-state index is 0.0303. The Balaban J connectivity index is 4.03. The van der Waals surface area contributed by atoms with Gasteiger partial charge in [-0.1, -0.05) is 112 Å². The number of hydrogen-bond donors (Lipinski definition) is 1. The summed E-state index contributed by atoms with van der Waals surface area (Å²) in [7, 11) is 0. The molecule has 0 fully saturated rings. The fourth-order valence-corrected chi connectivity index (χ4v) is 3.32. The molecule has 0 bridgehead atoms. The van der Waals surface area contributed by atoms with Crippen molar-refractivity contribution in [1.29, 1.82) is 0 Å². The molecule has 0 amide bonds. The van der Waals surface area contributed by atoms with Crippen LogP contribution >= 0.6 is 0 Å². The van der Waals surface area contributed by atoms with E-state index < -0.39 is 0 Å². The van der Waals surface area contributed by atoms with Crippen molar-refractivity contribution >= 4 is 0 Å². The molecule has 0 aliphatic heterocycles. The van der Waals surface area contributed by atoms with Crippen LogP contribution in [0.4, 0.5) is 0 Å². The molecule has 134 valence electrons. The van der Waals surface area contributed by atoms with E-state index in [4.69, 9.17) is 5.73 Å². The van der Waals surface area contributed by atoms with Gasteiger partial charge in [0.25, 0.3) is 0 Å². The normalized spacial score (nSPS) is 12.8. The molecule has 22 heavy (non-hydrogen) atoms. The molecule has 0 aliphatic carbocycles. The van der Waals surface area contributed by atoms with Crippen LogP contribution in [0.15, 0.2) is 0 Å². The molecule has 0 spiro atoms.